The topological polar surface area (TPSA) is 17.1 Å². The summed E-state index contributed by atoms with van der Waals surface area (Å²) in [5.41, 5.74) is 0. The van der Waals surface area contributed by atoms with Crippen molar-refractivity contribution in [2.75, 3.05) is 11.5 Å². The molecule has 72 valence electrons. The van der Waals surface area contributed by atoms with Crippen molar-refractivity contribution in [1.82, 2.24) is 0 Å². The SMILES string of the molecule is O=C(CCCCS)CCCCS. The molecule has 12 heavy (non-hydrogen) atoms. The third-order valence-electron chi connectivity index (χ3n) is 1.73. The molecule has 0 N–H and O–H groups in total. The summed E-state index contributed by atoms with van der Waals surface area (Å²) in [5, 5.41) is 0. The van der Waals surface area contributed by atoms with E-state index in [9.17, 15) is 4.79 Å². The first kappa shape index (κ1) is 12.4. The van der Waals surface area contributed by atoms with Crippen molar-refractivity contribution in [1.29, 1.82) is 0 Å². The zero-order valence-electron chi connectivity index (χ0n) is 7.46. The first-order valence-corrected chi connectivity index (χ1v) is 5.81. The molecule has 0 aromatic rings. The molecule has 0 aliphatic rings. The van der Waals surface area contributed by atoms with E-state index in [4.69, 9.17) is 0 Å². The predicted molar refractivity (Wildman–Crippen MR) is 60.4 cm³/mol. The molecule has 0 amide bonds. The maximum Gasteiger partial charge on any atom is 0.132 e. The van der Waals surface area contributed by atoms with E-state index in [0.717, 1.165) is 50.0 Å². The zero-order valence-corrected chi connectivity index (χ0v) is 9.25. The number of hydrogen-bond donors (Lipinski definition) is 2. The first-order chi connectivity index (χ1) is 5.81. The van der Waals surface area contributed by atoms with E-state index in [1.165, 1.54) is 0 Å². The van der Waals surface area contributed by atoms with E-state index in [-0.39, 0.29) is 0 Å². The van der Waals surface area contributed by atoms with Crippen molar-refractivity contribution in [3.8, 4) is 0 Å². The second-order valence-electron chi connectivity index (χ2n) is 2.90. The number of carbonyl (C=O) groups excluding carboxylic acids is 1. The maximum atomic E-state index is 11.1. The van der Waals surface area contributed by atoms with E-state index < -0.39 is 0 Å². The lowest BCUT2D eigenvalue weighted by Crippen LogP contribution is -1.97. The fourth-order valence-electron chi connectivity index (χ4n) is 0.993. The molecule has 0 heterocycles. The van der Waals surface area contributed by atoms with Crippen molar-refractivity contribution >= 4 is 31.0 Å². The Morgan fingerprint density at radius 2 is 1.25 bits per heavy atom. The maximum absolute atomic E-state index is 11.1. The molecule has 0 atom stereocenters. The molecule has 0 aromatic heterocycles. The van der Waals surface area contributed by atoms with E-state index in [1.807, 2.05) is 0 Å². The van der Waals surface area contributed by atoms with Gasteiger partial charge in [-0.2, -0.15) is 25.3 Å². The summed E-state index contributed by atoms with van der Waals surface area (Å²) >= 11 is 8.17. The van der Waals surface area contributed by atoms with Crippen LogP contribution in [-0.4, -0.2) is 17.3 Å². The molecule has 3 heteroatoms. The highest BCUT2D eigenvalue weighted by atomic mass is 32.1. The second-order valence-corrected chi connectivity index (χ2v) is 3.79. The van der Waals surface area contributed by atoms with Gasteiger partial charge in [-0.15, -0.1) is 0 Å². The second kappa shape index (κ2) is 9.46. The molecule has 0 fully saturated rings. The van der Waals surface area contributed by atoms with Gasteiger partial charge < -0.3 is 0 Å². The quantitative estimate of drug-likeness (QED) is 0.461. The van der Waals surface area contributed by atoms with Gasteiger partial charge >= 0.3 is 0 Å². The van der Waals surface area contributed by atoms with Crippen LogP contribution in [0.4, 0.5) is 0 Å². The third kappa shape index (κ3) is 8.47. The predicted octanol–water partition coefficient (Wildman–Crippen LogP) is 2.76. The molecule has 0 aliphatic heterocycles. The molecule has 0 saturated carbocycles. The van der Waals surface area contributed by atoms with Crippen LogP contribution in [0.1, 0.15) is 38.5 Å². The van der Waals surface area contributed by atoms with Gasteiger partial charge in [0.25, 0.3) is 0 Å². The van der Waals surface area contributed by atoms with Gasteiger partial charge in [0, 0.05) is 12.8 Å². The minimum Gasteiger partial charge on any atom is -0.300 e. The monoisotopic (exact) mass is 206 g/mol. The van der Waals surface area contributed by atoms with Crippen LogP contribution in [0.25, 0.3) is 0 Å². The molecule has 0 saturated heterocycles. The van der Waals surface area contributed by atoms with Crippen molar-refractivity contribution in [3.63, 3.8) is 0 Å². The summed E-state index contributed by atoms with van der Waals surface area (Å²) < 4.78 is 0. The van der Waals surface area contributed by atoms with Crippen molar-refractivity contribution in [3.05, 3.63) is 0 Å². The number of carbonyl (C=O) groups is 1. The molecule has 0 aliphatic carbocycles. The number of unbranched alkanes of at least 4 members (excludes halogenated alkanes) is 2. The average Bonchev–Trinajstić information content (AvgIpc) is 2.06. The number of Topliss-reactive ketones (excluding diaryl/α,β-unsaturated/α-hetero) is 1. The van der Waals surface area contributed by atoms with Crippen LogP contribution in [0.15, 0.2) is 0 Å². The molecule has 0 unspecified atom stereocenters. The van der Waals surface area contributed by atoms with Crippen LogP contribution in [-0.2, 0) is 4.79 Å². The lowest BCUT2D eigenvalue weighted by atomic mass is 10.1. The molecule has 0 rings (SSSR count). The van der Waals surface area contributed by atoms with Crippen LogP contribution < -0.4 is 0 Å². The Morgan fingerprint density at radius 1 is 0.833 bits per heavy atom. The highest BCUT2D eigenvalue weighted by Gasteiger charge is 2.00. The number of rotatable bonds is 8. The zero-order chi connectivity index (χ0) is 9.23. The largest absolute Gasteiger partial charge is 0.300 e. The summed E-state index contributed by atoms with van der Waals surface area (Å²) in [5.74, 6) is 2.19. The summed E-state index contributed by atoms with van der Waals surface area (Å²) in [6.07, 6.45) is 5.61. The van der Waals surface area contributed by atoms with Gasteiger partial charge in [0.15, 0.2) is 0 Å². The van der Waals surface area contributed by atoms with E-state index in [1.54, 1.807) is 0 Å². The Balaban J connectivity index is 3.10. The minimum absolute atomic E-state index is 0.401. The molecular weight excluding hydrogens is 188 g/mol. The molecule has 0 radical (unpaired) electrons. The highest BCUT2D eigenvalue weighted by Crippen LogP contribution is 2.04. The average molecular weight is 206 g/mol. The molecular formula is C9H18OS2. The molecule has 0 aromatic carbocycles. The fraction of sp³-hybridized carbons (Fsp3) is 0.889. The molecule has 1 nitrogen and oxygen atoms in total. The fourth-order valence-corrected chi connectivity index (χ4v) is 1.44. The van der Waals surface area contributed by atoms with Gasteiger partial charge in [0.05, 0.1) is 0 Å². The number of ketones is 1. The van der Waals surface area contributed by atoms with Crippen LogP contribution >= 0.6 is 25.3 Å². The standard InChI is InChI=1S/C9H18OS2/c10-9(5-1-3-7-11)6-2-4-8-12/h11-12H,1-8H2. The smallest absolute Gasteiger partial charge is 0.132 e. The van der Waals surface area contributed by atoms with Gasteiger partial charge in [-0.05, 0) is 37.2 Å². The Morgan fingerprint density at radius 3 is 1.58 bits per heavy atom. The highest BCUT2D eigenvalue weighted by molar-refractivity contribution is 7.80. The lowest BCUT2D eigenvalue weighted by Gasteiger charge is -1.98. The number of hydrogen-bond acceptors (Lipinski definition) is 3. The van der Waals surface area contributed by atoms with E-state index >= 15 is 0 Å². The molecule has 0 bridgehead atoms. The van der Waals surface area contributed by atoms with Gasteiger partial charge in [-0.25, -0.2) is 0 Å². The number of thiol groups is 2. The van der Waals surface area contributed by atoms with Crippen molar-refractivity contribution in [2.24, 2.45) is 0 Å². The summed E-state index contributed by atoms with van der Waals surface area (Å²) in [7, 11) is 0. The Hall–Kier alpha value is 0.370. The summed E-state index contributed by atoms with van der Waals surface area (Å²) in [4.78, 5) is 11.1. The van der Waals surface area contributed by atoms with Crippen LogP contribution in [0.2, 0.25) is 0 Å². The normalized spacial score (nSPS) is 10.2. The Bertz CT molecular complexity index is 103. The van der Waals surface area contributed by atoms with Crippen molar-refractivity contribution < 1.29 is 4.79 Å². The van der Waals surface area contributed by atoms with Crippen molar-refractivity contribution in [2.45, 2.75) is 38.5 Å². The lowest BCUT2D eigenvalue weighted by molar-refractivity contribution is -0.119. The first-order valence-electron chi connectivity index (χ1n) is 4.54. The summed E-state index contributed by atoms with van der Waals surface area (Å²) in [6.45, 7) is 0. The third-order valence-corrected chi connectivity index (χ3v) is 2.36. The Kier molecular flexibility index (Phi) is 9.75. The van der Waals surface area contributed by atoms with Crippen LogP contribution in [0.5, 0.6) is 0 Å². The minimum atomic E-state index is 0.401. The van der Waals surface area contributed by atoms with E-state index in [2.05, 4.69) is 25.3 Å². The van der Waals surface area contributed by atoms with Crippen LogP contribution in [0.3, 0.4) is 0 Å². The summed E-state index contributed by atoms with van der Waals surface area (Å²) in [6, 6.07) is 0. The van der Waals surface area contributed by atoms with E-state index in [0.29, 0.717) is 5.78 Å². The Labute approximate surface area is 86.1 Å². The van der Waals surface area contributed by atoms with Gasteiger partial charge in [-0.3, -0.25) is 4.79 Å². The van der Waals surface area contributed by atoms with Gasteiger partial charge in [-0.1, -0.05) is 0 Å². The van der Waals surface area contributed by atoms with Crippen LogP contribution in [0, 0.1) is 0 Å². The van der Waals surface area contributed by atoms with Gasteiger partial charge in [0.2, 0.25) is 0 Å². The molecule has 0 spiro atoms. The van der Waals surface area contributed by atoms with Gasteiger partial charge in [0.1, 0.15) is 5.78 Å².